The second kappa shape index (κ2) is 8.35. The fraction of sp³-hybridized carbons (Fsp3) is 0.455. The molecule has 2 aromatic rings. The highest BCUT2D eigenvalue weighted by Gasteiger charge is 2.29. The third-order valence-electron chi connectivity index (χ3n) is 4.99. The van der Waals surface area contributed by atoms with Crippen molar-refractivity contribution in [1.29, 1.82) is 0 Å². The summed E-state index contributed by atoms with van der Waals surface area (Å²) in [6, 6.07) is 13.1. The second-order valence-electron chi connectivity index (χ2n) is 7.39. The van der Waals surface area contributed by atoms with Crippen LogP contribution in [0.4, 0.5) is 0 Å². The zero-order valence-electron chi connectivity index (χ0n) is 15.6. The summed E-state index contributed by atoms with van der Waals surface area (Å²) in [6.07, 6.45) is 3.58. The molecular weight excluding hydrogens is 326 g/mol. The van der Waals surface area contributed by atoms with E-state index >= 15 is 0 Å². The number of benzene rings is 1. The highest BCUT2D eigenvalue weighted by atomic mass is 16.5. The zero-order chi connectivity index (χ0) is 18.5. The van der Waals surface area contributed by atoms with E-state index in [4.69, 9.17) is 4.74 Å². The van der Waals surface area contributed by atoms with E-state index in [1.165, 1.54) is 0 Å². The maximum atomic E-state index is 12.9. The van der Waals surface area contributed by atoms with Gasteiger partial charge in [-0.3, -0.25) is 9.59 Å². The number of esters is 1. The van der Waals surface area contributed by atoms with Crippen molar-refractivity contribution in [3.05, 3.63) is 59.4 Å². The Balaban J connectivity index is 1.82. The molecule has 3 rings (SSSR count). The van der Waals surface area contributed by atoms with E-state index in [0.717, 1.165) is 37.9 Å². The summed E-state index contributed by atoms with van der Waals surface area (Å²) < 4.78 is 7.55. The lowest BCUT2D eigenvalue weighted by atomic mass is 10.00. The van der Waals surface area contributed by atoms with E-state index in [-0.39, 0.29) is 17.7 Å². The Bertz CT molecular complexity index is 761. The lowest BCUT2D eigenvalue weighted by Gasteiger charge is -2.17. The summed E-state index contributed by atoms with van der Waals surface area (Å²) in [7, 11) is 0. The van der Waals surface area contributed by atoms with Gasteiger partial charge < -0.3 is 9.30 Å². The van der Waals surface area contributed by atoms with Crippen LogP contribution in [-0.4, -0.2) is 22.9 Å². The number of nitrogens with zero attached hydrogens (tertiary/aromatic N) is 1. The van der Waals surface area contributed by atoms with Crippen LogP contribution < -0.4 is 0 Å². The smallest absolute Gasteiger partial charge is 0.314 e. The summed E-state index contributed by atoms with van der Waals surface area (Å²) in [4.78, 5) is 25.5. The number of rotatable bonds is 6. The Kier molecular flexibility index (Phi) is 5.92. The number of hydrogen-bond acceptors (Lipinski definition) is 3. The molecule has 0 amide bonds. The number of ketones is 1. The maximum absolute atomic E-state index is 12.9. The van der Waals surface area contributed by atoms with Gasteiger partial charge in [-0.1, -0.05) is 50.6 Å². The number of ether oxygens (including phenoxy) is 1. The monoisotopic (exact) mass is 353 g/mol. The molecule has 4 heteroatoms. The first kappa shape index (κ1) is 18.4. The Labute approximate surface area is 155 Å². The third kappa shape index (κ3) is 4.06. The fourth-order valence-electron chi connectivity index (χ4n) is 3.47. The van der Waals surface area contributed by atoms with Crippen LogP contribution in [0.1, 0.15) is 67.2 Å². The predicted octanol–water partition coefficient (Wildman–Crippen LogP) is 4.58. The summed E-state index contributed by atoms with van der Waals surface area (Å²) in [5.41, 5.74) is 2.25. The van der Waals surface area contributed by atoms with Crippen LogP contribution in [0.5, 0.6) is 0 Å². The highest BCUT2D eigenvalue weighted by Crippen LogP contribution is 2.30. The van der Waals surface area contributed by atoms with Crippen molar-refractivity contribution in [2.24, 2.45) is 5.92 Å². The molecule has 0 spiro atoms. The van der Waals surface area contributed by atoms with Gasteiger partial charge in [-0.05, 0) is 37.3 Å². The largest absolute Gasteiger partial charge is 0.465 e. The van der Waals surface area contributed by atoms with Crippen molar-refractivity contribution < 1.29 is 14.3 Å². The summed E-state index contributed by atoms with van der Waals surface area (Å²) in [5, 5.41) is 0. The Morgan fingerprint density at radius 1 is 1.12 bits per heavy atom. The predicted molar refractivity (Wildman–Crippen MR) is 101 cm³/mol. The minimum Gasteiger partial charge on any atom is -0.465 e. The van der Waals surface area contributed by atoms with Gasteiger partial charge in [0.15, 0.2) is 0 Å². The van der Waals surface area contributed by atoms with Gasteiger partial charge in [0.25, 0.3) is 0 Å². The van der Waals surface area contributed by atoms with Crippen LogP contribution >= 0.6 is 0 Å². The molecule has 0 N–H and O–H groups in total. The van der Waals surface area contributed by atoms with E-state index in [0.29, 0.717) is 23.8 Å². The summed E-state index contributed by atoms with van der Waals surface area (Å²) >= 11 is 0. The molecule has 0 aliphatic carbocycles. The molecule has 1 aliphatic rings. The van der Waals surface area contributed by atoms with Crippen molar-refractivity contribution in [3.8, 4) is 0 Å². The standard InChI is InChI=1S/C22H27NO3/c1-16(2)13-15-26-22(25)18-10-6-7-14-23-19(18)11-12-20(23)21(24)17-8-4-3-5-9-17/h3-5,8-9,11-12,16,18H,6-7,10,13-15H2,1-2H3. The molecule has 1 unspecified atom stereocenters. The normalized spacial score (nSPS) is 16.8. The van der Waals surface area contributed by atoms with Gasteiger partial charge in [0, 0.05) is 17.8 Å². The molecule has 0 fully saturated rings. The van der Waals surface area contributed by atoms with Gasteiger partial charge in [-0.2, -0.15) is 0 Å². The van der Waals surface area contributed by atoms with E-state index in [2.05, 4.69) is 13.8 Å². The lowest BCUT2D eigenvalue weighted by molar-refractivity contribution is -0.146. The molecule has 0 bridgehead atoms. The molecule has 1 aliphatic heterocycles. The number of aromatic nitrogens is 1. The minimum atomic E-state index is -0.276. The minimum absolute atomic E-state index is 0.00525. The van der Waals surface area contributed by atoms with Gasteiger partial charge in [0.05, 0.1) is 18.2 Å². The Morgan fingerprint density at radius 3 is 2.62 bits per heavy atom. The van der Waals surface area contributed by atoms with E-state index in [1.807, 2.05) is 47.0 Å². The van der Waals surface area contributed by atoms with Crippen molar-refractivity contribution in [2.45, 2.75) is 52.0 Å². The van der Waals surface area contributed by atoms with Crippen LogP contribution in [0.2, 0.25) is 0 Å². The van der Waals surface area contributed by atoms with E-state index in [1.54, 1.807) is 0 Å². The first-order chi connectivity index (χ1) is 12.6. The number of hydrogen-bond donors (Lipinski definition) is 0. The summed E-state index contributed by atoms with van der Waals surface area (Å²) in [6.45, 7) is 5.47. The molecule has 1 aromatic carbocycles. The van der Waals surface area contributed by atoms with E-state index in [9.17, 15) is 9.59 Å². The molecular formula is C22H27NO3. The molecule has 2 heterocycles. The van der Waals surface area contributed by atoms with Gasteiger partial charge in [0.2, 0.25) is 5.78 Å². The zero-order valence-corrected chi connectivity index (χ0v) is 15.6. The van der Waals surface area contributed by atoms with Crippen LogP contribution in [0.25, 0.3) is 0 Å². The second-order valence-corrected chi connectivity index (χ2v) is 7.39. The Hall–Kier alpha value is -2.36. The van der Waals surface area contributed by atoms with Crippen LogP contribution in [0.15, 0.2) is 42.5 Å². The maximum Gasteiger partial charge on any atom is 0.314 e. The third-order valence-corrected chi connectivity index (χ3v) is 4.99. The molecule has 138 valence electrons. The quantitative estimate of drug-likeness (QED) is 0.564. The van der Waals surface area contributed by atoms with Gasteiger partial charge in [0.1, 0.15) is 0 Å². The lowest BCUT2D eigenvalue weighted by Crippen LogP contribution is -2.20. The molecule has 4 nitrogen and oxygen atoms in total. The highest BCUT2D eigenvalue weighted by molar-refractivity contribution is 6.08. The van der Waals surface area contributed by atoms with Gasteiger partial charge >= 0.3 is 5.97 Å². The number of fused-ring (bicyclic) bond motifs is 1. The van der Waals surface area contributed by atoms with Crippen molar-refractivity contribution in [1.82, 2.24) is 4.57 Å². The Morgan fingerprint density at radius 2 is 1.88 bits per heavy atom. The molecule has 1 atom stereocenters. The van der Waals surface area contributed by atoms with Crippen molar-refractivity contribution >= 4 is 11.8 Å². The molecule has 0 saturated heterocycles. The topological polar surface area (TPSA) is 48.3 Å². The fourth-order valence-corrected chi connectivity index (χ4v) is 3.47. The van der Waals surface area contributed by atoms with Crippen LogP contribution in [0.3, 0.4) is 0 Å². The average Bonchev–Trinajstić information content (AvgIpc) is 2.93. The molecule has 0 radical (unpaired) electrons. The first-order valence-corrected chi connectivity index (χ1v) is 9.53. The first-order valence-electron chi connectivity index (χ1n) is 9.53. The number of carbonyl (C=O) groups excluding carboxylic acids is 2. The van der Waals surface area contributed by atoms with E-state index < -0.39 is 0 Å². The van der Waals surface area contributed by atoms with Crippen LogP contribution in [-0.2, 0) is 16.1 Å². The molecule has 1 aromatic heterocycles. The summed E-state index contributed by atoms with van der Waals surface area (Å²) in [5.74, 6) is 0.0779. The van der Waals surface area contributed by atoms with Gasteiger partial charge in [-0.15, -0.1) is 0 Å². The average molecular weight is 353 g/mol. The molecule has 0 saturated carbocycles. The van der Waals surface area contributed by atoms with Crippen molar-refractivity contribution in [2.75, 3.05) is 6.61 Å². The van der Waals surface area contributed by atoms with Crippen molar-refractivity contribution in [3.63, 3.8) is 0 Å². The molecule has 26 heavy (non-hydrogen) atoms. The van der Waals surface area contributed by atoms with Crippen LogP contribution in [0, 0.1) is 5.92 Å². The SMILES string of the molecule is CC(C)CCOC(=O)C1CCCCn2c(C(=O)c3ccccc3)ccc21. The van der Waals surface area contributed by atoms with Gasteiger partial charge in [-0.25, -0.2) is 0 Å². The number of carbonyl (C=O) groups is 2.